The maximum absolute atomic E-state index is 12.1. The van der Waals surface area contributed by atoms with Crippen LogP contribution in [-0.2, 0) is 4.79 Å². The summed E-state index contributed by atoms with van der Waals surface area (Å²) >= 11 is 0. The van der Waals surface area contributed by atoms with Gasteiger partial charge < -0.3 is 15.3 Å². The number of nitrogens with one attached hydrogen (secondary N) is 1. The molecule has 0 atom stereocenters. The quantitative estimate of drug-likeness (QED) is 0.906. The van der Waals surface area contributed by atoms with Gasteiger partial charge in [-0.25, -0.2) is 4.79 Å². The average molecular weight is 326 g/mol. The lowest BCUT2D eigenvalue weighted by atomic mass is 9.86. The molecular formula is C19H22N2O3. The SMILES string of the molecule is O=C(O)CCNC(=O)N1CCC(c2cccc3ccccc23)CC1. The molecule has 1 saturated heterocycles. The monoisotopic (exact) mass is 326 g/mol. The second-order valence-electron chi connectivity index (χ2n) is 6.21. The molecule has 3 rings (SSSR count). The molecule has 1 fully saturated rings. The molecule has 2 aromatic carbocycles. The lowest BCUT2D eigenvalue weighted by Gasteiger charge is -2.32. The molecule has 5 heteroatoms. The molecule has 0 radical (unpaired) electrons. The number of piperidine rings is 1. The second-order valence-corrected chi connectivity index (χ2v) is 6.21. The number of carboxylic acids is 1. The first-order chi connectivity index (χ1) is 11.6. The Labute approximate surface area is 141 Å². The molecule has 0 spiro atoms. The number of carbonyl (C=O) groups excluding carboxylic acids is 1. The standard InChI is InChI=1S/C19H22N2O3/c22-18(23)8-11-20-19(24)21-12-9-15(10-13-21)17-7-3-5-14-4-1-2-6-16(14)17/h1-7,15H,8-13H2,(H,20,24)(H,22,23). The van der Waals surface area contributed by atoms with Crippen LogP contribution in [0.3, 0.4) is 0 Å². The van der Waals surface area contributed by atoms with Crippen LogP contribution in [0.4, 0.5) is 4.79 Å². The minimum atomic E-state index is -0.898. The zero-order valence-electron chi connectivity index (χ0n) is 13.6. The Morgan fingerprint density at radius 2 is 1.79 bits per heavy atom. The summed E-state index contributed by atoms with van der Waals surface area (Å²) in [6, 6.07) is 14.7. The first-order valence-corrected chi connectivity index (χ1v) is 8.37. The Hall–Kier alpha value is -2.56. The van der Waals surface area contributed by atoms with Crippen molar-refractivity contribution in [3.8, 4) is 0 Å². The van der Waals surface area contributed by atoms with Gasteiger partial charge in [0.25, 0.3) is 0 Å². The minimum absolute atomic E-state index is 0.0434. The third kappa shape index (κ3) is 3.67. The van der Waals surface area contributed by atoms with Gasteiger partial charge in [-0.3, -0.25) is 4.79 Å². The van der Waals surface area contributed by atoms with Gasteiger partial charge in [-0.1, -0.05) is 42.5 Å². The highest BCUT2D eigenvalue weighted by Gasteiger charge is 2.24. The van der Waals surface area contributed by atoms with Crippen LogP contribution in [0.15, 0.2) is 42.5 Å². The number of carboxylic acid groups (broad SMARTS) is 1. The number of benzene rings is 2. The second kappa shape index (κ2) is 7.34. The fraction of sp³-hybridized carbons (Fsp3) is 0.368. The van der Waals surface area contributed by atoms with E-state index in [1.165, 1.54) is 16.3 Å². The van der Waals surface area contributed by atoms with E-state index in [2.05, 4.69) is 47.8 Å². The summed E-state index contributed by atoms with van der Waals surface area (Å²) in [6.45, 7) is 1.58. The van der Waals surface area contributed by atoms with E-state index in [4.69, 9.17) is 5.11 Å². The van der Waals surface area contributed by atoms with Gasteiger partial charge in [0.05, 0.1) is 6.42 Å². The van der Waals surface area contributed by atoms with Crippen molar-refractivity contribution in [3.05, 3.63) is 48.0 Å². The van der Waals surface area contributed by atoms with Gasteiger partial charge in [0, 0.05) is 19.6 Å². The van der Waals surface area contributed by atoms with Crippen LogP contribution in [0.25, 0.3) is 10.8 Å². The van der Waals surface area contributed by atoms with Crippen LogP contribution in [0.1, 0.15) is 30.7 Å². The number of fused-ring (bicyclic) bond motifs is 1. The van der Waals surface area contributed by atoms with Gasteiger partial charge in [-0.2, -0.15) is 0 Å². The Bertz CT molecular complexity index is 731. The van der Waals surface area contributed by atoms with E-state index in [1.807, 2.05) is 0 Å². The Kier molecular flexibility index (Phi) is 4.99. The third-order valence-electron chi connectivity index (χ3n) is 4.66. The van der Waals surface area contributed by atoms with Crippen molar-refractivity contribution in [2.45, 2.75) is 25.2 Å². The highest BCUT2D eigenvalue weighted by atomic mass is 16.4. The summed E-state index contributed by atoms with van der Waals surface area (Å²) in [5.74, 6) is -0.441. The summed E-state index contributed by atoms with van der Waals surface area (Å²) in [4.78, 5) is 24.3. The number of hydrogen-bond acceptors (Lipinski definition) is 2. The highest BCUT2D eigenvalue weighted by Crippen LogP contribution is 2.32. The first kappa shape index (κ1) is 16.3. The number of urea groups is 1. The van der Waals surface area contributed by atoms with Crippen LogP contribution in [0.5, 0.6) is 0 Å². The topological polar surface area (TPSA) is 69.6 Å². The van der Waals surface area contributed by atoms with Crippen molar-refractivity contribution in [2.24, 2.45) is 0 Å². The van der Waals surface area contributed by atoms with Gasteiger partial charge in [0.2, 0.25) is 0 Å². The van der Waals surface area contributed by atoms with Crippen molar-refractivity contribution < 1.29 is 14.7 Å². The van der Waals surface area contributed by atoms with Gasteiger partial charge >= 0.3 is 12.0 Å². The molecule has 126 valence electrons. The molecule has 2 aromatic rings. The summed E-state index contributed by atoms with van der Waals surface area (Å²) < 4.78 is 0. The Morgan fingerprint density at radius 3 is 2.54 bits per heavy atom. The predicted molar refractivity (Wildman–Crippen MR) is 93.1 cm³/mol. The summed E-state index contributed by atoms with van der Waals surface area (Å²) in [7, 11) is 0. The number of nitrogens with zero attached hydrogens (tertiary/aromatic N) is 1. The van der Waals surface area contributed by atoms with Crippen LogP contribution in [-0.4, -0.2) is 41.6 Å². The van der Waals surface area contributed by atoms with Crippen LogP contribution < -0.4 is 5.32 Å². The van der Waals surface area contributed by atoms with E-state index in [1.54, 1.807) is 4.90 Å². The van der Waals surface area contributed by atoms with Gasteiger partial charge in [0.1, 0.15) is 0 Å². The van der Waals surface area contributed by atoms with Gasteiger partial charge in [-0.15, -0.1) is 0 Å². The number of aliphatic carboxylic acids is 1. The molecule has 2 N–H and O–H groups in total. The molecule has 0 aromatic heterocycles. The number of likely N-dealkylation sites (tertiary alicyclic amines) is 1. The van der Waals surface area contributed by atoms with E-state index in [0.29, 0.717) is 19.0 Å². The van der Waals surface area contributed by atoms with E-state index in [0.717, 1.165) is 12.8 Å². The van der Waals surface area contributed by atoms with Crippen molar-refractivity contribution in [1.29, 1.82) is 0 Å². The Balaban J connectivity index is 1.60. The summed E-state index contributed by atoms with van der Waals surface area (Å²) in [6.07, 6.45) is 1.82. The number of carbonyl (C=O) groups is 2. The molecule has 1 heterocycles. The summed E-state index contributed by atoms with van der Waals surface area (Å²) in [5.41, 5.74) is 1.36. The molecule has 0 bridgehead atoms. The highest BCUT2D eigenvalue weighted by molar-refractivity contribution is 5.86. The van der Waals surface area contributed by atoms with E-state index >= 15 is 0 Å². The maximum Gasteiger partial charge on any atom is 0.317 e. The molecule has 0 aliphatic carbocycles. The van der Waals surface area contributed by atoms with Crippen LogP contribution in [0.2, 0.25) is 0 Å². The van der Waals surface area contributed by atoms with E-state index in [-0.39, 0.29) is 19.0 Å². The minimum Gasteiger partial charge on any atom is -0.481 e. The van der Waals surface area contributed by atoms with Gasteiger partial charge in [-0.05, 0) is 35.1 Å². The van der Waals surface area contributed by atoms with Crippen molar-refractivity contribution >= 4 is 22.8 Å². The zero-order valence-corrected chi connectivity index (χ0v) is 13.6. The molecular weight excluding hydrogens is 304 g/mol. The molecule has 2 amide bonds. The molecule has 0 unspecified atom stereocenters. The fourth-order valence-corrected chi connectivity index (χ4v) is 3.39. The lowest BCUT2D eigenvalue weighted by Crippen LogP contribution is -2.44. The number of hydrogen-bond donors (Lipinski definition) is 2. The smallest absolute Gasteiger partial charge is 0.317 e. The number of amides is 2. The third-order valence-corrected chi connectivity index (χ3v) is 4.66. The Morgan fingerprint density at radius 1 is 1.08 bits per heavy atom. The van der Waals surface area contributed by atoms with Crippen molar-refractivity contribution in [3.63, 3.8) is 0 Å². The van der Waals surface area contributed by atoms with Crippen LogP contribution in [0, 0.1) is 0 Å². The zero-order chi connectivity index (χ0) is 16.9. The average Bonchev–Trinajstić information content (AvgIpc) is 2.61. The van der Waals surface area contributed by atoms with Crippen LogP contribution >= 0.6 is 0 Å². The predicted octanol–water partition coefficient (Wildman–Crippen LogP) is 3.20. The fourth-order valence-electron chi connectivity index (χ4n) is 3.39. The van der Waals surface area contributed by atoms with E-state index in [9.17, 15) is 9.59 Å². The normalized spacial score (nSPS) is 15.4. The molecule has 0 saturated carbocycles. The maximum atomic E-state index is 12.1. The molecule has 24 heavy (non-hydrogen) atoms. The molecule has 5 nitrogen and oxygen atoms in total. The van der Waals surface area contributed by atoms with Gasteiger partial charge in [0.15, 0.2) is 0 Å². The largest absolute Gasteiger partial charge is 0.481 e. The summed E-state index contributed by atoms with van der Waals surface area (Å²) in [5, 5.41) is 13.8. The van der Waals surface area contributed by atoms with Crippen molar-refractivity contribution in [2.75, 3.05) is 19.6 Å². The number of rotatable bonds is 4. The van der Waals surface area contributed by atoms with E-state index < -0.39 is 5.97 Å². The molecule has 1 aliphatic heterocycles. The van der Waals surface area contributed by atoms with Crippen molar-refractivity contribution in [1.82, 2.24) is 10.2 Å². The molecule has 1 aliphatic rings. The lowest BCUT2D eigenvalue weighted by molar-refractivity contribution is -0.136. The first-order valence-electron chi connectivity index (χ1n) is 8.37.